The van der Waals surface area contributed by atoms with E-state index in [1.165, 1.54) is 23.7 Å². The molecule has 1 saturated carbocycles. The zero-order chi connectivity index (χ0) is 13.5. The number of rotatable bonds is 3. The third kappa shape index (κ3) is 1.89. The first-order valence-electron chi connectivity index (χ1n) is 6.56. The van der Waals surface area contributed by atoms with E-state index in [0.29, 0.717) is 23.4 Å². The van der Waals surface area contributed by atoms with E-state index in [9.17, 15) is 4.79 Å². The molecule has 3 aromatic heterocycles. The second kappa shape index (κ2) is 4.26. The molecule has 3 heterocycles. The van der Waals surface area contributed by atoms with E-state index >= 15 is 0 Å². The van der Waals surface area contributed by atoms with Gasteiger partial charge in [-0.2, -0.15) is 0 Å². The summed E-state index contributed by atoms with van der Waals surface area (Å²) in [4.78, 5) is 20.5. The Balaban J connectivity index is 1.70. The average molecular weight is 268 g/mol. The molecule has 0 bridgehead atoms. The predicted octanol–water partition coefficient (Wildman–Crippen LogP) is 1.71. The summed E-state index contributed by atoms with van der Waals surface area (Å²) >= 11 is 0. The molecule has 100 valence electrons. The highest BCUT2D eigenvalue weighted by Crippen LogP contribution is 2.40. The number of fused-ring (bicyclic) bond motifs is 1. The quantitative estimate of drug-likeness (QED) is 0.723. The van der Waals surface area contributed by atoms with E-state index in [2.05, 4.69) is 15.1 Å². The molecule has 1 aliphatic rings. The van der Waals surface area contributed by atoms with Gasteiger partial charge in [0.15, 0.2) is 0 Å². The third-order valence-electron chi connectivity index (χ3n) is 3.52. The van der Waals surface area contributed by atoms with Gasteiger partial charge in [0.2, 0.25) is 0 Å². The van der Waals surface area contributed by atoms with Crippen LogP contribution in [0.2, 0.25) is 0 Å². The molecule has 1 fully saturated rings. The van der Waals surface area contributed by atoms with Crippen LogP contribution in [0, 0.1) is 0 Å². The van der Waals surface area contributed by atoms with Gasteiger partial charge in [-0.05, 0) is 18.9 Å². The summed E-state index contributed by atoms with van der Waals surface area (Å²) in [6.07, 6.45) is 7.04. The Labute approximate surface area is 114 Å². The Bertz CT molecular complexity index is 832. The molecule has 0 aromatic carbocycles. The lowest BCUT2D eigenvalue weighted by Gasteiger charge is -2.03. The van der Waals surface area contributed by atoms with E-state index in [0.717, 1.165) is 11.5 Å². The van der Waals surface area contributed by atoms with Crippen LogP contribution in [0.5, 0.6) is 0 Å². The summed E-state index contributed by atoms with van der Waals surface area (Å²) in [5.41, 5.74) is 1.27. The highest BCUT2D eigenvalue weighted by atomic mass is 16.5. The van der Waals surface area contributed by atoms with Crippen molar-refractivity contribution in [2.45, 2.75) is 25.3 Å². The van der Waals surface area contributed by atoms with Gasteiger partial charge in [-0.1, -0.05) is 5.16 Å². The van der Waals surface area contributed by atoms with E-state index < -0.39 is 0 Å². The van der Waals surface area contributed by atoms with Crippen molar-refractivity contribution in [3.8, 4) is 0 Å². The van der Waals surface area contributed by atoms with Gasteiger partial charge in [0.05, 0.1) is 30.0 Å². The molecular weight excluding hydrogens is 256 g/mol. The van der Waals surface area contributed by atoms with E-state index in [1.807, 2.05) is 6.07 Å². The van der Waals surface area contributed by atoms with Gasteiger partial charge in [0.25, 0.3) is 5.56 Å². The molecule has 0 radical (unpaired) electrons. The summed E-state index contributed by atoms with van der Waals surface area (Å²) in [5, 5.41) is 4.58. The van der Waals surface area contributed by atoms with Crippen LogP contribution in [0.4, 0.5) is 0 Å². The molecular formula is C14H12N4O2. The molecule has 6 nitrogen and oxygen atoms in total. The normalized spacial score (nSPS) is 14.8. The summed E-state index contributed by atoms with van der Waals surface area (Å²) in [7, 11) is 0. The Kier molecular flexibility index (Phi) is 2.42. The maximum absolute atomic E-state index is 12.3. The largest absolute Gasteiger partial charge is 0.361 e. The Morgan fingerprint density at radius 2 is 2.30 bits per heavy atom. The summed E-state index contributed by atoms with van der Waals surface area (Å²) in [6.45, 7) is 0.375. The molecule has 0 aliphatic heterocycles. The van der Waals surface area contributed by atoms with Gasteiger partial charge in [-0.3, -0.25) is 14.3 Å². The minimum absolute atomic E-state index is 0.0895. The van der Waals surface area contributed by atoms with Gasteiger partial charge < -0.3 is 4.52 Å². The number of hydrogen-bond donors (Lipinski definition) is 0. The summed E-state index contributed by atoms with van der Waals surface area (Å²) < 4.78 is 6.83. The average Bonchev–Trinajstić information content (AvgIpc) is 3.23. The predicted molar refractivity (Wildman–Crippen MR) is 71.4 cm³/mol. The molecule has 0 unspecified atom stereocenters. The molecule has 0 atom stereocenters. The fourth-order valence-electron chi connectivity index (χ4n) is 2.26. The minimum atomic E-state index is -0.0895. The van der Waals surface area contributed by atoms with Crippen molar-refractivity contribution in [2.24, 2.45) is 0 Å². The van der Waals surface area contributed by atoms with Crippen molar-refractivity contribution in [2.75, 3.05) is 0 Å². The molecule has 0 spiro atoms. The molecule has 20 heavy (non-hydrogen) atoms. The smallest absolute Gasteiger partial charge is 0.261 e. The van der Waals surface area contributed by atoms with Crippen molar-refractivity contribution in [3.05, 3.63) is 52.7 Å². The van der Waals surface area contributed by atoms with E-state index in [-0.39, 0.29) is 5.56 Å². The lowest BCUT2D eigenvalue weighted by molar-refractivity contribution is 0.376. The van der Waals surface area contributed by atoms with Crippen molar-refractivity contribution < 1.29 is 4.52 Å². The number of hydrogen-bond acceptors (Lipinski definition) is 5. The fourth-order valence-corrected chi connectivity index (χ4v) is 2.26. The van der Waals surface area contributed by atoms with Crippen molar-refractivity contribution in [1.82, 2.24) is 19.7 Å². The van der Waals surface area contributed by atoms with Gasteiger partial charge in [-0.15, -0.1) is 0 Å². The Morgan fingerprint density at radius 1 is 1.40 bits per heavy atom. The lowest BCUT2D eigenvalue weighted by atomic mass is 10.2. The zero-order valence-electron chi connectivity index (χ0n) is 10.7. The van der Waals surface area contributed by atoms with Gasteiger partial charge in [0, 0.05) is 18.2 Å². The van der Waals surface area contributed by atoms with Crippen LogP contribution in [0.1, 0.15) is 30.2 Å². The molecule has 4 rings (SSSR count). The molecule has 0 amide bonds. The van der Waals surface area contributed by atoms with E-state index in [1.54, 1.807) is 18.5 Å². The maximum atomic E-state index is 12.3. The molecule has 1 aliphatic carbocycles. The second-order valence-electron chi connectivity index (χ2n) is 5.07. The highest BCUT2D eigenvalue weighted by Gasteiger charge is 2.27. The first-order valence-corrected chi connectivity index (χ1v) is 6.56. The summed E-state index contributed by atoms with van der Waals surface area (Å²) in [5.74, 6) is 1.44. The monoisotopic (exact) mass is 268 g/mol. The van der Waals surface area contributed by atoms with Crippen molar-refractivity contribution in [3.63, 3.8) is 0 Å². The van der Waals surface area contributed by atoms with Crippen LogP contribution in [-0.4, -0.2) is 19.7 Å². The zero-order valence-corrected chi connectivity index (χ0v) is 10.7. The van der Waals surface area contributed by atoms with Gasteiger partial charge in [0.1, 0.15) is 11.5 Å². The number of pyridine rings is 1. The van der Waals surface area contributed by atoms with Crippen LogP contribution < -0.4 is 5.56 Å². The first-order chi connectivity index (χ1) is 9.81. The standard InChI is InChI=1S/C14H12N4O2/c19-14-11-3-4-15-6-12(11)16-8-18(14)7-10-5-13(20-17-10)9-1-2-9/h3-6,8-9H,1-2,7H2. The first kappa shape index (κ1) is 11.3. The highest BCUT2D eigenvalue weighted by molar-refractivity contribution is 5.75. The van der Waals surface area contributed by atoms with E-state index in [4.69, 9.17) is 4.52 Å². The summed E-state index contributed by atoms with van der Waals surface area (Å²) in [6, 6.07) is 3.61. The molecule has 6 heteroatoms. The van der Waals surface area contributed by atoms with Crippen LogP contribution in [0.25, 0.3) is 10.9 Å². The van der Waals surface area contributed by atoms with Crippen LogP contribution >= 0.6 is 0 Å². The Morgan fingerprint density at radius 3 is 3.15 bits per heavy atom. The third-order valence-corrected chi connectivity index (χ3v) is 3.52. The van der Waals surface area contributed by atoms with Crippen LogP contribution in [0.15, 0.2) is 40.2 Å². The van der Waals surface area contributed by atoms with Crippen LogP contribution in [-0.2, 0) is 6.54 Å². The topological polar surface area (TPSA) is 73.8 Å². The van der Waals surface area contributed by atoms with Gasteiger partial charge in [-0.25, -0.2) is 4.98 Å². The molecule has 0 saturated heterocycles. The maximum Gasteiger partial charge on any atom is 0.261 e. The second-order valence-corrected chi connectivity index (χ2v) is 5.07. The molecule has 3 aromatic rings. The van der Waals surface area contributed by atoms with Crippen molar-refractivity contribution >= 4 is 10.9 Å². The number of nitrogens with zero attached hydrogens (tertiary/aromatic N) is 4. The fraction of sp³-hybridized carbons (Fsp3) is 0.286. The number of aromatic nitrogens is 4. The lowest BCUT2D eigenvalue weighted by Crippen LogP contribution is -2.21. The Hall–Kier alpha value is -2.50. The van der Waals surface area contributed by atoms with Crippen LogP contribution in [0.3, 0.4) is 0 Å². The SMILES string of the molecule is O=c1c2ccncc2ncn1Cc1cc(C2CC2)on1. The van der Waals surface area contributed by atoms with Gasteiger partial charge >= 0.3 is 0 Å². The molecule has 0 N–H and O–H groups in total. The van der Waals surface area contributed by atoms with Crippen molar-refractivity contribution in [1.29, 1.82) is 0 Å². The minimum Gasteiger partial charge on any atom is -0.361 e.